The Labute approximate surface area is 189 Å². The highest BCUT2D eigenvalue weighted by molar-refractivity contribution is 5.38. The van der Waals surface area contributed by atoms with Gasteiger partial charge >= 0.3 is 0 Å². The number of aliphatic hydroxyl groups excluding tert-OH is 2. The van der Waals surface area contributed by atoms with Crippen LogP contribution in [-0.4, -0.2) is 33.1 Å². The molecule has 3 saturated carbocycles. The minimum atomic E-state index is -0.753. The molecule has 3 nitrogen and oxygen atoms in total. The van der Waals surface area contributed by atoms with E-state index in [1.807, 2.05) is 19.9 Å². The first-order chi connectivity index (χ1) is 14.3. The Kier molecular flexibility index (Phi) is 7.11. The number of hydrogen-bond donors (Lipinski definition) is 3. The second-order valence-electron chi connectivity index (χ2n) is 11.9. The summed E-state index contributed by atoms with van der Waals surface area (Å²) in [4.78, 5) is 0. The molecule has 3 heteroatoms. The first-order valence-corrected chi connectivity index (χ1v) is 12.2. The van der Waals surface area contributed by atoms with Gasteiger partial charge in [-0.15, -0.1) is 0 Å². The molecule has 0 saturated heterocycles. The average molecular weight is 429 g/mol. The van der Waals surface area contributed by atoms with Crippen LogP contribution in [0.1, 0.15) is 86.0 Å². The van der Waals surface area contributed by atoms with E-state index < -0.39 is 17.8 Å². The van der Waals surface area contributed by atoms with E-state index in [1.54, 1.807) is 0 Å². The number of hydrogen-bond acceptors (Lipinski definition) is 3. The van der Waals surface area contributed by atoms with Crippen LogP contribution in [0.2, 0.25) is 0 Å². The van der Waals surface area contributed by atoms with Crippen LogP contribution >= 0.6 is 0 Å². The van der Waals surface area contributed by atoms with Gasteiger partial charge in [0.1, 0.15) is 0 Å². The Balaban J connectivity index is 1.79. The number of fused-ring (bicyclic) bond motifs is 1. The summed E-state index contributed by atoms with van der Waals surface area (Å²) >= 11 is 0. The van der Waals surface area contributed by atoms with Gasteiger partial charge in [0.25, 0.3) is 0 Å². The van der Waals surface area contributed by atoms with Crippen LogP contribution in [-0.2, 0) is 0 Å². The van der Waals surface area contributed by atoms with Crippen LogP contribution in [0.15, 0.2) is 47.6 Å². The highest BCUT2D eigenvalue weighted by atomic mass is 16.3. The Morgan fingerprint density at radius 2 is 1.84 bits per heavy atom. The SMILES string of the molecule is C=C1/C(=C\C=C2/CCC[C@]3(C)[C@@H](C(C)(C)C/C=C/C(C)(C)O)CC[C@@H]23)C[C@@H](O)C[C@@H]1O. The van der Waals surface area contributed by atoms with E-state index in [9.17, 15) is 15.3 Å². The molecule has 5 atom stereocenters. The molecular formula is C28H44O3. The van der Waals surface area contributed by atoms with E-state index in [1.165, 1.54) is 31.3 Å². The number of allylic oxidation sites excluding steroid dienone is 4. The molecule has 0 aromatic heterocycles. The van der Waals surface area contributed by atoms with Gasteiger partial charge in [-0.3, -0.25) is 0 Å². The Morgan fingerprint density at radius 1 is 1.13 bits per heavy atom. The molecule has 0 unspecified atom stereocenters. The summed E-state index contributed by atoms with van der Waals surface area (Å²) in [6, 6.07) is 0. The lowest BCUT2D eigenvalue weighted by molar-refractivity contribution is 0.0471. The predicted molar refractivity (Wildman–Crippen MR) is 129 cm³/mol. The third-order valence-corrected chi connectivity index (χ3v) is 8.34. The topological polar surface area (TPSA) is 60.7 Å². The van der Waals surface area contributed by atoms with Crippen molar-refractivity contribution in [2.45, 2.75) is 104 Å². The van der Waals surface area contributed by atoms with Crippen LogP contribution in [0.4, 0.5) is 0 Å². The van der Waals surface area contributed by atoms with Gasteiger partial charge in [-0.05, 0) is 92.6 Å². The average Bonchev–Trinajstić information content (AvgIpc) is 3.00. The molecule has 0 aromatic carbocycles. The van der Waals surface area contributed by atoms with Crippen LogP contribution < -0.4 is 0 Å². The molecule has 174 valence electrons. The Bertz CT molecular complexity index is 764. The molecule has 0 spiro atoms. The van der Waals surface area contributed by atoms with Crippen LogP contribution in [0, 0.1) is 22.7 Å². The maximum Gasteiger partial charge on any atom is 0.0811 e. The quantitative estimate of drug-likeness (QED) is 0.480. The summed E-state index contributed by atoms with van der Waals surface area (Å²) in [6.07, 6.45) is 15.5. The molecule has 3 rings (SSSR count). The van der Waals surface area contributed by atoms with Crippen molar-refractivity contribution in [2.24, 2.45) is 22.7 Å². The van der Waals surface area contributed by atoms with E-state index in [-0.39, 0.29) is 5.41 Å². The fourth-order valence-corrected chi connectivity index (χ4v) is 6.78. The van der Waals surface area contributed by atoms with Gasteiger partial charge < -0.3 is 15.3 Å². The minimum absolute atomic E-state index is 0.192. The molecule has 3 aliphatic carbocycles. The van der Waals surface area contributed by atoms with Gasteiger partial charge in [0.2, 0.25) is 0 Å². The summed E-state index contributed by atoms with van der Waals surface area (Å²) < 4.78 is 0. The van der Waals surface area contributed by atoms with Crippen molar-refractivity contribution in [3.05, 3.63) is 47.6 Å². The van der Waals surface area contributed by atoms with Gasteiger partial charge in [0.05, 0.1) is 17.8 Å². The second kappa shape index (κ2) is 9.00. The summed E-state index contributed by atoms with van der Waals surface area (Å²) in [6.45, 7) is 15.0. The van der Waals surface area contributed by atoms with Crippen molar-refractivity contribution in [3.63, 3.8) is 0 Å². The lowest BCUT2D eigenvalue weighted by Crippen LogP contribution is -2.40. The van der Waals surface area contributed by atoms with Crippen LogP contribution in [0.3, 0.4) is 0 Å². The van der Waals surface area contributed by atoms with Gasteiger partial charge in [-0.1, -0.05) is 57.2 Å². The maximum atomic E-state index is 10.1. The van der Waals surface area contributed by atoms with Crippen molar-refractivity contribution in [1.29, 1.82) is 0 Å². The van der Waals surface area contributed by atoms with E-state index >= 15 is 0 Å². The van der Waals surface area contributed by atoms with Gasteiger partial charge in [0.15, 0.2) is 0 Å². The van der Waals surface area contributed by atoms with E-state index in [2.05, 4.69) is 45.6 Å². The maximum absolute atomic E-state index is 10.1. The first-order valence-electron chi connectivity index (χ1n) is 12.2. The number of aliphatic hydroxyl groups is 3. The molecule has 0 aromatic rings. The van der Waals surface area contributed by atoms with Crippen LogP contribution in [0.5, 0.6) is 0 Å². The summed E-state index contributed by atoms with van der Waals surface area (Å²) in [5, 5.41) is 30.2. The molecule has 3 N–H and O–H groups in total. The fourth-order valence-electron chi connectivity index (χ4n) is 6.78. The van der Waals surface area contributed by atoms with Gasteiger partial charge in [-0.2, -0.15) is 0 Å². The van der Waals surface area contributed by atoms with Crippen molar-refractivity contribution >= 4 is 0 Å². The second-order valence-corrected chi connectivity index (χ2v) is 11.9. The largest absolute Gasteiger partial charge is 0.393 e. The molecule has 3 aliphatic rings. The van der Waals surface area contributed by atoms with Gasteiger partial charge in [0, 0.05) is 6.42 Å². The zero-order valence-electron chi connectivity index (χ0n) is 20.3. The Morgan fingerprint density at radius 3 is 2.52 bits per heavy atom. The lowest BCUT2D eigenvalue weighted by Gasteiger charge is -2.48. The van der Waals surface area contributed by atoms with E-state index in [4.69, 9.17) is 0 Å². The molecule has 31 heavy (non-hydrogen) atoms. The summed E-state index contributed by atoms with van der Waals surface area (Å²) in [5.41, 5.74) is 3.04. The van der Waals surface area contributed by atoms with Crippen molar-refractivity contribution in [1.82, 2.24) is 0 Å². The third-order valence-electron chi connectivity index (χ3n) is 8.34. The molecule has 0 heterocycles. The smallest absolute Gasteiger partial charge is 0.0811 e. The highest BCUT2D eigenvalue weighted by Crippen LogP contribution is 2.62. The normalized spacial score (nSPS) is 37.7. The molecule has 3 fully saturated rings. The molecule has 0 amide bonds. The van der Waals surface area contributed by atoms with Crippen molar-refractivity contribution in [2.75, 3.05) is 0 Å². The zero-order valence-corrected chi connectivity index (χ0v) is 20.3. The molecular weight excluding hydrogens is 384 g/mol. The molecule has 0 bridgehead atoms. The van der Waals surface area contributed by atoms with Crippen molar-refractivity contribution < 1.29 is 15.3 Å². The summed E-state index contributed by atoms with van der Waals surface area (Å²) in [7, 11) is 0. The van der Waals surface area contributed by atoms with Crippen LogP contribution in [0.25, 0.3) is 0 Å². The lowest BCUT2D eigenvalue weighted by atomic mass is 9.57. The molecule has 0 radical (unpaired) electrons. The van der Waals surface area contributed by atoms with Gasteiger partial charge in [-0.25, -0.2) is 0 Å². The monoisotopic (exact) mass is 428 g/mol. The van der Waals surface area contributed by atoms with E-state index in [0.717, 1.165) is 24.0 Å². The standard InChI is InChI=1S/C28H44O3/c1-19-21(17-22(29)18-24(19)30)11-10-20-9-7-16-28(6)23(20)12-13-25(28)26(2,3)14-8-15-27(4,5)31/h8,10-11,15,22-25,29-31H,1,7,9,12-14,16-18H2,2-6H3/b15-8+,20-10+,21-11-/t22-,23+,24+,25-,28+/m1/s1. The first kappa shape index (κ1) is 24.5. The van der Waals surface area contributed by atoms with Crippen molar-refractivity contribution in [3.8, 4) is 0 Å². The Hall–Kier alpha value is -1.16. The number of rotatable bonds is 5. The zero-order chi connectivity index (χ0) is 23.0. The summed E-state index contributed by atoms with van der Waals surface area (Å²) in [5.74, 6) is 1.26. The third kappa shape index (κ3) is 5.43. The highest BCUT2D eigenvalue weighted by Gasteiger charge is 2.53. The fraction of sp³-hybridized carbons (Fsp3) is 0.714. The predicted octanol–water partition coefficient (Wildman–Crippen LogP) is 5.87. The van der Waals surface area contributed by atoms with E-state index in [0.29, 0.717) is 30.1 Å². The minimum Gasteiger partial charge on any atom is -0.393 e. The molecule has 0 aliphatic heterocycles.